The summed E-state index contributed by atoms with van der Waals surface area (Å²) in [4.78, 5) is 40.1. The van der Waals surface area contributed by atoms with Gasteiger partial charge in [-0.15, -0.1) is 0 Å². The third kappa shape index (κ3) is 10.1. The standard InChI is InChI=1S/C28H50N3O8PS2/c1-10-22-23(14-24(38-22)30-15-21(9)25(32)29-27(30)34)39-40(31(19(5)6)20(7)8)37-17-28(11-2,26(33)36-12-3)16-35-18-42-41-13-4/h15,19-20,22-24H,10-14,16-18H2,1-9H3,(H,29,32,34)/t22-,23?,24-,28?,40?/m1/s1. The molecule has 42 heavy (non-hydrogen) atoms. The Balaban J connectivity index is 2.33. The lowest BCUT2D eigenvalue weighted by atomic mass is 9.87. The Morgan fingerprint density at radius 1 is 1.17 bits per heavy atom. The van der Waals surface area contributed by atoms with Crippen LogP contribution in [-0.2, 0) is 28.1 Å². The molecule has 0 spiro atoms. The number of esters is 1. The summed E-state index contributed by atoms with van der Waals surface area (Å²) in [5, 5.41) is 0. The first-order valence-electron chi connectivity index (χ1n) is 14.8. The number of carbonyl (C=O) groups is 1. The van der Waals surface area contributed by atoms with Crippen LogP contribution in [0.5, 0.6) is 0 Å². The predicted octanol–water partition coefficient (Wildman–Crippen LogP) is 5.62. The zero-order valence-corrected chi connectivity index (χ0v) is 29.1. The van der Waals surface area contributed by atoms with Crippen LogP contribution in [0.3, 0.4) is 0 Å². The molecule has 3 unspecified atom stereocenters. The highest BCUT2D eigenvalue weighted by molar-refractivity contribution is 8.76. The number of nitrogens with zero attached hydrogens (tertiary/aromatic N) is 2. The molecule has 0 aliphatic carbocycles. The van der Waals surface area contributed by atoms with Gasteiger partial charge in [0.05, 0.1) is 32.0 Å². The van der Waals surface area contributed by atoms with Gasteiger partial charge < -0.3 is 23.3 Å². The van der Waals surface area contributed by atoms with Crippen LogP contribution in [0, 0.1) is 12.3 Å². The van der Waals surface area contributed by atoms with Gasteiger partial charge >= 0.3 is 11.7 Å². The van der Waals surface area contributed by atoms with Crippen molar-refractivity contribution in [1.29, 1.82) is 0 Å². The lowest BCUT2D eigenvalue weighted by Gasteiger charge is -2.39. The van der Waals surface area contributed by atoms with Crippen LogP contribution in [0.4, 0.5) is 0 Å². The molecule has 11 nitrogen and oxygen atoms in total. The average Bonchev–Trinajstić information content (AvgIpc) is 3.34. The van der Waals surface area contributed by atoms with E-state index in [2.05, 4.69) is 44.3 Å². The van der Waals surface area contributed by atoms with E-state index in [1.165, 1.54) is 10.8 Å². The van der Waals surface area contributed by atoms with E-state index in [4.69, 9.17) is 23.3 Å². The maximum absolute atomic E-state index is 13.3. The summed E-state index contributed by atoms with van der Waals surface area (Å²) in [6.45, 7) is 18.3. The van der Waals surface area contributed by atoms with Gasteiger partial charge in [-0.2, -0.15) is 0 Å². The molecule has 242 valence electrons. The molecule has 1 aromatic heterocycles. The smallest absolute Gasteiger partial charge is 0.330 e. The number of nitrogens with one attached hydrogen (secondary N) is 1. The highest BCUT2D eigenvalue weighted by Gasteiger charge is 2.44. The van der Waals surface area contributed by atoms with E-state index in [0.29, 0.717) is 30.8 Å². The van der Waals surface area contributed by atoms with Crippen LogP contribution in [0.15, 0.2) is 15.8 Å². The van der Waals surface area contributed by atoms with Crippen LogP contribution in [0.2, 0.25) is 0 Å². The lowest BCUT2D eigenvalue weighted by Crippen LogP contribution is -2.42. The topological polar surface area (TPSA) is 121 Å². The van der Waals surface area contributed by atoms with Crippen LogP contribution < -0.4 is 11.2 Å². The number of hydrogen-bond acceptors (Lipinski definition) is 11. The number of ether oxygens (including phenoxy) is 3. The van der Waals surface area contributed by atoms with Gasteiger partial charge in [-0.1, -0.05) is 42.4 Å². The fraction of sp³-hybridized carbons (Fsp3) is 0.821. The molecule has 1 aliphatic heterocycles. The van der Waals surface area contributed by atoms with E-state index in [0.717, 1.165) is 5.75 Å². The third-order valence-corrected chi connectivity index (χ3v) is 11.3. The highest BCUT2D eigenvalue weighted by atomic mass is 33.1. The summed E-state index contributed by atoms with van der Waals surface area (Å²) >= 11 is 0. The summed E-state index contributed by atoms with van der Waals surface area (Å²) in [6, 6.07) is 0.187. The second-order valence-electron chi connectivity index (χ2n) is 10.8. The van der Waals surface area contributed by atoms with E-state index >= 15 is 0 Å². The summed E-state index contributed by atoms with van der Waals surface area (Å²) < 4.78 is 34.6. The second-order valence-corrected chi connectivity index (χ2v) is 14.9. The number of rotatable bonds is 19. The lowest BCUT2D eigenvalue weighted by molar-refractivity contribution is -0.162. The summed E-state index contributed by atoms with van der Waals surface area (Å²) in [5.74, 6) is 1.08. The SMILES string of the molecule is CCOC(=O)C(CC)(COCSSCC)COP(OC1C[C@H](n2cc(C)c(=O)[nH]c2=O)O[C@@H]1CC)N(C(C)C)C(C)C. The highest BCUT2D eigenvalue weighted by Crippen LogP contribution is 2.51. The first-order valence-corrected chi connectivity index (χ1v) is 18.4. The largest absolute Gasteiger partial charge is 0.465 e. The van der Waals surface area contributed by atoms with Crippen molar-refractivity contribution < 1.29 is 28.1 Å². The van der Waals surface area contributed by atoms with Crippen LogP contribution in [0.1, 0.15) is 86.4 Å². The van der Waals surface area contributed by atoms with Crippen molar-refractivity contribution in [2.24, 2.45) is 5.41 Å². The van der Waals surface area contributed by atoms with Gasteiger partial charge in [0.25, 0.3) is 14.1 Å². The first kappa shape index (κ1) is 37.3. The Labute approximate surface area is 259 Å². The minimum absolute atomic E-state index is 0.0714. The first-order chi connectivity index (χ1) is 19.9. The molecule has 0 radical (unpaired) electrons. The molecule has 0 amide bonds. The van der Waals surface area contributed by atoms with E-state index in [9.17, 15) is 14.4 Å². The fourth-order valence-electron chi connectivity index (χ4n) is 4.74. The summed E-state index contributed by atoms with van der Waals surface area (Å²) in [5.41, 5.74) is -1.50. The quantitative estimate of drug-likeness (QED) is 0.0659. The van der Waals surface area contributed by atoms with Crippen molar-refractivity contribution in [2.75, 3.05) is 31.5 Å². The molecular formula is C28H50N3O8PS2. The van der Waals surface area contributed by atoms with E-state index < -0.39 is 31.4 Å². The van der Waals surface area contributed by atoms with Gasteiger partial charge in [0.2, 0.25) is 0 Å². The Morgan fingerprint density at radius 2 is 1.86 bits per heavy atom. The monoisotopic (exact) mass is 651 g/mol. The fourth-order valence-corrected chi connectivity index (χ4v) is 7.91. The molecule has 2 rings (SSSR count). The zero-order valence-electron chi connectivity index (χ0n) is 26.5. The molecule has 1 fully saturated rings. The van der Waals surface area contributed by atoms with E-state index in [1.807, 2.05) is 13.8 Å². The molecule has 1 aromatic rings. The molecule has 14 heteroatoms. The van der Waals surface area contributed by atoms with E-state index in [-0.39, 0.29) is 50.1 Å². The molecule has 5 atom stereocenters. The maximum Gasteiger partial charge on any atom is 0.330 e. The van der Waals surface area contributed by atoms with Crippen molar-refractivity contribution in [2.45, 2.75) is 112 Å². The molecule has 0 saturated carbocycles. The minimum Gasteiger partial charge on any atom is -0.465 e. The zero-order chi connectivity index (χ0) is 31.4. The maximum atomic E-state index is 13.3. The molecular weight excluding hydrogens is 601 g/mol. The molecule has 0 aromatic carbocycles. The van der Waals surface area contributed by atoms with Gasteiger partial charge in [0.1, 0.15) is 17.6 Å². The number of carbonyl (C=O) groups excluding carboxylic acids is 1. The molecule has 1 aliphatic rings. The molecule has 0 bridgehead atoms. The van der Waals surface area contributed by atoms with Gasteiger partial charge in [-0.05, 0) is 54.4 Å². The van der Waals surface area contributed by atoms with Crippen molar-refractivity contribution in [3.63, 3.8) is 0 Å². The van der Waals surface area contributed by atoms with Gasteiger partial charge in [-0.25, -0.2) is 9.46 Å². The van der Waals surface area contributed by atoms with E-state index in [1.54, 1.807) is 35.4 Å². The summed E-state index contributed by atoms with van der Waals surface area (Å²) in [7, 11) is 1.66. The Kier molecular flexibility index (Phi) is 16.1. The van der Waals surface area contributed by atoms with Crippen molar-refractivity contribution in [3.05, 3.63) is 32.6 Å². The van der Waals surface area contributed by atoms with Crippen LogP contribution in [-0.4, -0.2) is 76.0 Å². The van der Waals surface area contributed by atoms with Crippen molar-refractivity contribution in [3.8, 4) is 0 Å². The molecule has 2 heterocycles. The van der Waals surface area contributed by atoms with Crippen LogP contribution >= 0.6 is 30.1 Å². The number of aromatic amines is 1. The van der Waals surface area contributed by atoms with Crippen molar-refractivity contribution >= 4 is 36.1 Å². The molecule has 1 saturated heterocycles. The molecule has 1 N–H and O–H groups in total. The third-order valence-electron chi connectivity index (χ3n) is 7.06. The minimum atomic E-state index is -1.65. The number of H-pyrrole nitrogens is 1. The average molecular weight is 652 g/mol. The van der Waals surface area contributed by atoms with Crippen molar-refractivity contribution in [1.82, 2.24) is 14.2 Å². The number of hydrogen-bond donors (Lipinski definition) is 1. The Bertz CT molecular complexity index is 1080. The second kappa shape index (κ2) is 18.1. The van der Waals surface area contributed by atoms with Gasteiger partial charge in [0, 0.05) is 36.0 Å². The van der Waals surface area contributed by atoms with Crippen LogP contribution in [0.25, 0.3) is 0 Å². The Hall–Kier alpha value is -0.920. The number of aromatic nitrogens is 2. The van der Waals surface area contributed by atoms with Gasteiger partial charge in [0.15, 0.2) is 0 Å². The van der Waals surface area contributed by atoms with Gasteiger partial charge in [-0.3, -0.25) is 19.1 Å². The predicted molar refractivity (Wildman–Crippen MR) is 171 cm³/mol. The Morgan fingerprint density at radius 3 is 2.43 bits per heavy atom. The summed E-state index contributed by atoms with van der Waals surface area (Å²) in [6.07, 6.45) is 1.82. The number of aryl methyl sites for hydroxylation is 1. The normalized spacial score (nSPS) is 21.3.